The van der Waals surface area contributed by atoms with Crippen LogP contribution in [0.1, 0.15) is 117 Å². The Balaban J connectivity index is 1.50. The Labute approximate surface area is 270 Å². The van der Waals surface area contributed by atoms with Crippen LogP contribution in [0.25, 0.3) is 0 Å². The molecule has 4 N–H and O–H groups in total. The molecule has 0 bridgehead atoms. The van der Waals surface area contributed by atoms with E-state index in [-0.39, 0.29) is 48.8 Å². The largest absolute Gasteiger partial charge is 0.449 e. The number of fused-ring (bicyclic) bond motifs is 3. The molecule has 0 saturated heterocycles. The number of ether oxygens (including phenoxy) is 4. The van der Waals surface area contributed by atoms with Gasteiger partial charge in [0.05, 0.1) is 6.10 Å². The van der Waals surface area contributed by atoms with Crippen molar-refractivity contribution < 1.29 is 39.8 Å². The smallest absolute Gasteiger partial charge is 0.404 e. The molecule has 5 atom stereocenters. The van der Waals surface area contributed by atoms with Gasteiger partial charge in [-0.1, -0.05) is 18.2 Å². The van der Waals surface area contributed by atoms with Gasteiger partial charge in [-0.2, -0.15) is 0 Å². The van der Waals surface area contributed by atoms with E-state index in [2.05, 4.69) is 11.4 Å². The van der Waals surface area contributed by atoms with E-state index in [1.807, 2.05) is 19.1 Å². The molecule has 254 valence electrons. The SMILES string of the molecule is [2H]NC(=O)OCC1c2cccc(C(=O)CCCOC(C)CCO)c2C2CCC(CCCC(=O)NCCCCOCCCOC)CC12. The lowest BCUT2D eigenvalue weighted by atomic mass is 9.70. The molecular weight excluding hydrogens is 576 g/mol. The number of ketones is 1. The first-order valence-corrected chi connectivity index (χ1v) is 17.0. The predicted molar refractivity (Wildman–Crippen MR) is 172 cm³/mol. The third kappa shape index (κ3) is 12.3. The fourth-order valence-corrected chi connectivity index (χ4v) is 7.06. The van der Waals surface area contributed by atoms with Crippen LogP contribution in [0.4, 0.5) is 4.79 Å². The maximum Gasteiger partial charge on any atom is 0.404 e. The molecule has 2 aliphatic carbocycles. The van der Waals surface area contributed by atoms with Crippen LogP contribution in [0.15, 0.2) is 18.2 Å². The predicted octanol–water partition coefficient (Wildman–Crippen LogP) is 5.25. The molecule has 0 aliphatic heterocycles. The summed E-state index contributed by atoms with van der Waals surface area (Å²) in [5, 5.41) is 12.1. The van der Waals surface area contributed by atoms with Gasteiger partial charge in [0.15, 0.2) is 7.20 Å². The van der Waals surface area contributed by atoms with E-state index in [4.69, 9.17) is 25.5 Å². The summed E-state index contributed by atoms with van der Waals surface area (Å²) in [4.78, 5) is 37.7. The van der Waals surface area contributed by atoms with Crippen molar-refractivity contribution in [2.45, 2.75) is 102 Å². The number of hydrogen-bond acceptors (Lipinski definition) is 8. The van der Waals surface area contributed by atoms with Crippen LogP contribution in [-0.2, 0) is 23.7 Å². The third-order valence-electron chi connectivity index (χ3n) is 9.31. The second-order valence-corrected chi connectivity index (χ2v) is 12.6. The molecule has 0 spiro atoms. The molecule has 1 saturated carbocycles. The molecule has 1 aromatic carbocycles. The Kier molecular flexibility index (Phi) is 16.1. The number of carbonyl (C=O) groups is 3. The van der Waals surface area contributed by atoms with Gasteiger partial charge in [0.1, 0.15) is 6.61 Å². The van der Waals surface area contributed by atoms with Gasteiger partial charge in [0.2, 0.25) is 5.91 Å². The summed E-state index contributed by atoms with van der Waals surface area (Å²) in [5.41, 5.74) is 4.74. The van der Waals surface area contributed by atoms with Gasteiger partial charge in [0.25, 0.3) is 0 Å². The number of unbranched alkanes of at least 4 members (excludes halogenated alkanes) is 1. The number of nitrogens with one attached hydrogen (secondary N) is 1. The summed E-state index contributed by atoms with van der Waals surface area (Å²) >= 11 is 0. The number of primary amides is 1. The van der Waals surface area contributed by atoms with E-state index in [1.165, 1.54) is 0 Å². The highest BCUT2D eigenvalue weighted by Crippen LogP contribution is 2.56. The number of amides is 2. The molecule has 0 aromatic heterocycles. The number of aliphatic hydroxyl groups excluding tert-OH is 1. The van der Waals surface area contributed by atoms with Crippen LogP contribution >= 0.6 is 0 Å². The van der Waals surface area contributed by atoms with E-state index in [0.29, 0.717) is 64.6 Å². The lowest BCUT2D eigenvalue weighted by Gasteiger charge is -2.35. The molecule has 10 heteroatoms. The molecule has 0 heterocycles. The van der Waals surface area contributed by atoms with E-state index in [0.717, 1.165) is 68.1 Å². The fraction of sp³-hybridized carbons (Fsp3) is 0.743. The first kappa shape index (κ1) is 35.3. The minimum Gasteiger partial charge on any atom is -0.449 e. The highest BCUT2D eigenvalue weighted by atomic mass is 16.5. The number of nitrogens with two attached hydrogens (primary N) is 1. The standard InChI is InChI=1S/C35H56N2O8/c1-25(16-18-38)44-22-7-12-32(39)29-11-6-10-27-31(24-45-35(36)41)30-23-26(14-15-28(30)34(27)29)9-5-13-33(40)37-17-3-4-20-43-21-8-19-42-2/h6,10-11,25-26,28,30-31,38H,3-5,7-9,12-24H2,1-2H3,(H2,36,41)(H,37,40)/i/hD. The molecule has 1 aromatic rings. The number of benzene rings is 1. The average molecular weight is 634 g/mol. The minimum absolute atomic E-state index is 0.0391. The van der Waals surface area contributed by atoms with Gasteiger partial charge in [-0.05, 0) is 100 Å². The molecule has 0 radical (unpaired) electrons. The van der Waals surface area contributed by atoms with Crippen LogP contribution in [0, 0.1) is 11.8 Å². The zero-order valence-electron chi connectivity index (χ0n) is 28.4. The van der Waals surface area contributed by atoms with Crippen molar-refractivity contribution in [1.29, 1.82) is 0 Å². The quantitative estimate of drug-likeness (QED) is 0.109. The first-order chi connectivity index (χ1) is 22.4. The number of Topliss-reactive ketones (excluding diaryl/α,β-unsaturated/α-hetero) is 1. The summed E-state index contributed by atoms with van der Waals surface area (Å²) in [6.07, 6.45) is 8.70. The summed E-state index contributed by atoms with van der Waals surface area (Å²) in [7, 11) is 1.68. The fourth-order valence-electron chi connectivity index (χ4n) is 7.06. The van der Waals surface area contributed by atoms with Crippen LogP contribution in [0.3, 0.4) is 0 Å². The van der Waals surface area contributed by atoms with Crippen molar-refractivity contribution in [2.24, 2.45) is 17.6 Å². The van der Waals surface area contributed by atoms with Crippen LogP contribution < -0.4 is 11.0 Å². The van der Waals surface area contributed by atoms with E-state index >= 15 is 0 Å². The van der Waals surface area contributed by atoms with Crippen molar-refractivity contribution in [3.63, 3.8) is 0 Å². The van der Waals surface area contributed by atoms with Crippen LogP contribution in [0.5, 0.6) is 0 Å². The van der Waals surface area contributed by atoms with Gasteiger partial charge >= 0.3 is 6.09 Å². The van der Waals surface area contributed by atoms with E-state index < -0.39 is 6.09 Å². The molecule has 1 fully saturated rings. The van der Waals surface area contributed by atoms with Crippen LogP contribution in [-0.4, -0.2) is 82.3 Å². The van der Waals surface area contributed by atoms with Crippen molar-refractivity contribution in [3.05, 3.63) is 34.9 Å². The molecule has 45 heavy (non-hydrogen) atoms. The third-order valence-corrected chi connectivity index (χ3v) is 9.31. The number of hydrogen-bond donors (Lipinski definition) is 3. The monoisotopic (exact) mass is 633 g/mol. The maximum atomic E-state index is 13.4. The molecule has 5 unspecified atom stereocenters. The molecule has 2 aliphatic rings. The Hall–Kier alpha value is -2.53. The number of carbonyl (C=O) groups excluding carboxylic acids is 3. The number of methoxy groups -OCH3 is 1. The van der Waals surface area contributed by atoms with Crippen molar-refractivity contribution >= 4 is 17.8 Å². The average Bonchev–Trinajstić information content (AvgIpc) is 3.37. The Morgan fingerprint density at radius 1 is 1.07 bits per heavy atom. The molecular formula is C35H56N2O8. The van der Waals surface area contributed by atoms with E-state index in [1.54, 1.807) is 12.8 Å². The van der Waals surface area contributed by atoms with Crippen molar-refractivity contribution in [2.75, 3.05) is 53.3 Å². The number of rotatable bonds is 23. The topological polar surface area (TPSA) is 146 Å². The maximum absolute atomic E-state index is 13.4. The van der Waals surface area contributed by atoms with Gasteiger partial charge in [0, 0.05) is 71.0 Å². The summed E-state index contributed by atoms with van der Waals surface area (Å²) in [6, 6.07) is 5.91. The molecule has 3 rings (SSSR count). The van der Waals surface area contributed by atoms with Gasteiger partial charge in [-0.15, -0.1) is 0 Å². The van der Waals surface area contributed by atoms with Crippen molar-refractivity contribution in [3.8, 4) is 0 Å². The minimum atomic E-state index is -0.777. The Bertz CT molecular complexity index is 1070. The first-order valence-electron chi connectivity index (χ1n) is 17.5. The van der Waals surface area contributed by atoms with Gasteiger partial charge < -0.3 is 35.1 Å². The zero-order chi connectivity index (χ0) is 33.1. The highest BCUT2D eigenvalue weighted by molar-refractivity contribution is 5.98. The number of aliphatic hydroxyl groups is 1. The van der Waals surface area contributed by atoms with Gasteiger partial charge in [-0.3, -0.25) is 9.59 Å². The summed E-state index contributed by atoms with van der Waals surface area (Å²) < 4.78 is 28.8. The summed E-state index contributed by atoms with van der Waals surface area (Å²) in [5.74, 6) is 1.06. The zero-order valence-corrected chi connectivity index (χ0v) is 27.4. The van der Waals surface area contributed by atoms with E-state index in [9.17, 15) is 14.4 Å². The lowest BCUT2D eigenvalue weighted by Crippen LogP contribution is -2.27. The Morgan fingerprint density at radius 2 is 1.91 bits per heavy atom. The lowest BCUT2D eigenvalue weighted by molar-refractivity contribution is -0.121. The second-order valence-electron chi connectivity index (χ2n) is 12.6. The summed E-state index contributed by atoms with van der Waals surface area (Å²) in [6.45, 7) is 5.40. The Morgan fingerprint density at radius 3 is 2.71 bits per heavy atom. The highest BCUT2D eigenvalue weighted by Gasteiger charge is 2.45. The molecule has 2 amide bonds. The van der Waals surface area contributed by atoms with Crippen molar-refractivity contribution in [1.82, 2.24) is 5.32 Å². The second kappa shape index (κ2) is 20.6. The van der Waals surface area contributed by atoms with Gasteiger partial charge in [-0.25, -0.2) is 4.79 Å². The normalized spacial score (nSPS) is 21.4. The van der Waals surface area contributed by atoms with Crippen LogP contribution in [0.2, 0.25) is 1.41 Å². The molecule has 10 nitrogen and oxygen atoms in total.